The van der Waals surface area contributed by atoms with Gasteiger partial charge in [-0.15, -0.1) is 0 Å². The lowest BCUT2D eigenvalue weighted by Gasteiger charge is -2.16. The Morgan fingerprint density at radius 1 is 1.19 bits per heavy atom. The molecule has 0 aliphatic rings. The first-order valence-electron chi connectivity index (χ1n) is 7.04. The molecule has 0 saturated heterocycles. The number of benzene rings is 2. The van der Waals surface area contributed by atoms with Crippen molar-refractivity contribution in [2.75, 3.05) is 12.8 Å². The summed E-state index contributed by atoms with van der Waals surface area (Å²) >= 11 is 0. The average Bonchev–Trinajstić information content (AvgIpc) is 2.52. The quantitative estimate of drug-likeness (QED) is 0.885. The molecule has 0 aliphatic heterocycles. The van der Waals surface area contributed by atoms with Crippen LogP contribution in [-0.2, 0) is 17.2 Å². The molecule has 2 nitrogen and oxygen atoms in total. The Kier molecular flexibility index (Phi) is 5.65. The molecular formula is C17H20FNOS. The van der Waals surface area contributed by atoms with Gasteiger partial charge in [0.1, 0.15) is 5.82 Å². The molecular weight excluding hydrogens is 285 g/mol. The van der Waals surface area contributed by atoms with E-state index in [0.29, 0.717) is 10.6 Å². The molecule has 2 rings (SSSR count). The highest BCUT2D eigenvalue weighted by atomic mass is 32.2. The summed E-state index contributed by atoms with van der Waals surface area (Å²) in [5.41, 5.74) is 2.37. The zero-order valence-corrected chi connectivity index (χ0v) is 13.1. The standard InChI is InChI=1S/C17H20FNOS/c1-3-13-7-9-14(10-8-13)17(19-2)12-21(20)16-6-4-5-15(18)11-16/h4-11,17,19H,3,12H2,1-2H3. The first-order valence-corrected chi connectivity index (χ1v) is 8.36. The second kappa shape index (κ2) is 7.48. The van der Waals surface area contributed by atoms with E-state index in [0.717, 1.165) is 12.0 Å². The highest BCUT2D eigenvalue weighted by Crippen LogP contribution is 2.18. The molecule has 0 spiro atoms. The first-order chi connectivity index (χ1) is 10.1. The van der Waals surface area contributed by atoms with E-state index >= 15 is 0 Å². The molecule has 2 aromatic rings. The van der Waals surface area contributed by atoms with Crippen molar-refractivity contribution in [3.8, 4) is 0 Å². The van der Waals surface area contributed by atoms with Crippen LogP contribution in [0, 0.1) is 5.82 Å². The first kappa shape index (κ1) is 15.9. The summed E-state index contributed by atoms with van der Waals surface area (Å²) in [6, 6.07) is 14.3. The SMILES string of the molecule is CCc1ccc(C(CS(=O)c2cccc(F)c2)NC)cc1. The van der Waals surface area contributed by atoms with Gasteiger partial charge in [0.05, 0.1) is 10.8 Å². The fourth-order valence-corrected chi connectivity index (χ4v) is 3.52. The monoisotopic (exact) mass is 305 g/mol. The van der Waals surface area contributed by atoms with Crippen molar-refractivity contribution in [1.29, 1.82) is 0 Å². The van der Waals surface area contributed by atoms with Crippen LogP contribution in [0.2, 0.25) is 0 Å². The van der Waals surface area contributed by atoms with Crippen molar-refractivity contribution in [3.05, 3.63) is 65.5 Å². The van der Waals surface area contributed by atoms with Crippen molar-refractivity contribution in [2.24, 2.45) is 0 Å². The van der Waals surface area contributed by atoms with Gasteiger partial charge in [-0.05, 0) is 42.8 Å². The summed E-state index contributed by atoms with van der Waals surface area (Å²) in [4.78, 5) is 0.528. The largest absolute Gasteiger partial charge is 0.312 e. The molecule has 0 aromatic heterocycles. The molecule has 112 valence electrons. The van der Waals surface area contributed by atoms with Crippen molar-refractivity contribution >= 4 is 10.8 Å². The molecule has 21 heavy (non-hydrogen) atoms. The molecule has 0 aliphatic carbocycles. The minimum Gasteiger partial charge on any atom is -0.312 e. The van der Waals surface area contributed by atoms with Gasteiger partial charge in [0.25, 0.3) is 0 Å². The van der Waals surface area contributed by atoms with Gasteiger partial charge < -0.3 is 5.32 Å². The number of rotatable bonds is 6. The van der Waals surface area contributed by atoms with Gasteiger partial charge in [-0.1, -0.05) is 37.3 Å². The van der Waals surface area contributed by atoms with Crippen molar-refractivity contribution in [2.45, 2.75) is 24.3 Å². The van der Waals surface area contributed by atoms with Crippen LogP contribution in [0.4, 0.5) is 4.39 Å². The highest BCUT2D eigenvalue weighted by Gasteiger charge is 2.15. The molecule has 2 atom stereocenters. The average molecular weight is 305 g/mol. The van der Waals surface area contributed by atoms with E-state index in [1.54, 1.807) is 12.1 Å². The predicted octanol–water partition coefficient (Wildman–Crippen LogP) is 3.46. The molecule has 0 radical (unpaired) electrons. The van der Waals surface area contributed by atoms with Gasteiger partial charge in [-0.3, -0.25) is 4.21 Å². The maximum Gasteiger partial charge on any atom is 0.124 e. The van der Waals surface area contributed by atoms with E-state index in [-0.39, 0.29) is 11.9 Å². The lowest BCUT2D eigenvalue weighted by molar-refractivity contribution is 0.619. The van der Waals surface area contributed by atoms with Gasteiger partial charge >= 0.3 is 0 Å². The Hall–Kier alpha value is -1.52. The number of hydrogen-bond donors (Lipinski definition) is 1. The Labute approximate surface area is 127 Å². The van der Waals surface area contributed by atoms with Crippen molar-refractivity contribution in [1.82, 2.24) is 5.32 Å². The van der Waals surface area contributed by atoms with Crippen LogP contribution in [0.5, 0.6) is 0 Å². The van der Waals surface area contributed by atoms with Gasteiger partial charge in [0.2, 0.25) is 0 Å². The summed E-state index contributed by atoms with van der Waals surface area (Å²) in [7, 11) is 0.615. The number of halogens is 1. The molecule has 0 amide bonds. The third kappa shape index (κ3) is 4.22. The molecule has 2 aromatic carbocycles. The van der Waals surface area contributed by atoms with Crippen molar-refractivity contribution < 1.29 is 8.60 Å². The van der Waals surface area contributed by atoms with E-state index in [1.165, 1.54) is 17.7 Å². The second-order valence-corrected chi connectivity index (χ2v) is 6.40. The minimum atomic E-state index is -1.23. The van der Waals surface area contributed by atoms with Crippen LogP contribution < -0.4 is 5.32 Å². The summed E-state index contributed by atoms with van der Waals surface area (Å²) in [6.07, 6.45) is 1.000. The normalized spacial score (nSPS) is 13.9. The lowest BCUT2D eigenvalue weighted by atomic mass is 10.1. The van der Waals surface area contributed by atoms with Crippen LogP contribution in [0.1, 0.15) is 24.1 Å². The Balaban J connectivity index is 2.12. The third-order valence-corrected chi connectivity index (χ3v) is 4.93. The summed E-state index contributed by atoms with van der Waals surface area (Å²) in [6.45, 7) is 2.11. The topological polar surface area (TPSA) is 29.1 Å². The molecule has 0 heterocycles. The molecule has 0 bridgehead atoms. The highest BCUT2D eigenvalue weighted by molar-refractivity contribution is 7.85. The minimum absolute atomic E-state index is 0.0139. The summed E-state index contributed by atoms with van der Waals surface area (Å²) in [5.74, 6) is 0.0694. The zero-order chi connectivity index (χ0) is 15.2. The smallest absolute Gasteiger partial charge is 0.124 e. The molecule has 1 N–H and O–H groups in total. The summed E-state index contributed by atoms with van der Waals surface area (Å²) in [5, 5.41) is 3.18. The van der Waals surface area contributed by atoms with Crippen LogP contribution in [0.25, 0.3) is 0 Å². The van der Waals surface area contributed by atoms with Crippen LogP contribution in [-0.4, -0.2) is 17.0 Å². The van der Waals surface area contributed by atoms with E-state index < -0.39 is 10.8 Å². The van der Waals surface area contributed by atoms with E-state index in [4.69, 9.17) is 0 Å². The number of nitrogens with one attached hydrogen (secondary N) is 1. The molecule has 0 saturated carbocycles. The maximum atomic E-state index is 13.2. The molecule has 0 fully saturated rings. The van der Waals surface area contributed by atoms with Crippen molar-refractivity contribution in [3.63, 3.8) is 0 Å². The van der Waals surface area contributed by atoms with Crippen LogP contribution >= 0.6 is 0 Å². The fourth-order valence-electron chi connectivity index (χ4n) is 2.19. The Morgan fingerprint density at radius 3 is 2.48 bits per heavy atom. The number of hydrogen-bond acceptors (Lipinski definition) is 2. The Bertz CT molecular complexity index is 612. The van der Waals surface area contributed by atoms with Gasteiger partial charge in [-0.2, -0.15) is 0 Å². The van der Waals surface area contributed by atoms with Crippen LogP contribution in [0.15, 0.2) is 53.4 Å². The van der Waals surface area contributed by atoms with Gasteiger partial charge in [0, 0.05) is 16.7 Å². The second-order valence-electron chi connectivity index (χ2n) is 4.91. The predicted molar refractivity (Wildman–Crippen MR) is 85.3 cm³/mol. The Morgan fingerprint density at radius 2 is 1.90 bits per heavy atom. The van der Waals surface area contributed by atoms with Crippen LogP contribution in [0.3, 0.4) is 0 Å². The number of aryl methyl sites for hydroxylation is 1. The van der Waals surface area contributed by atoms with Gasteiger partial charge in [0.15, 0.2) is 0 Å². The maximum absolute atomic E-state index is 13.2. The van der Waals surface area contributed by atoms with E-state index in [9.17, 15) is 8.60 Å². The summed E-state index contributed by atoms with van der Waals surface area (Å²) < 4.78 is 25.6. The van der Waals surface area contributed by atoms with E-state index in [1.807, 2.05) is 7.05 Å². The third-order valence-electron chi connectivity index (χ3n) is 3.52. The molecule has 2 unspecified atom stereocenters. The van der Waals surface area contributed by atoms with Gasteiger partial charge in [-0.25, -0.2) is 4.39 Å². The van der Waals surface area contributed by atoms with E-state index in [2.05, 4.69) is 36.5 Å². The fraction of sp³-hybridized carbons (Fsp3) is 0.294. The zero-order valence-electron chi connectivity index (χ0n) is 12.3. The molecule has 4 heteroatoms. The lowest BCUT2D eigenvalue weighted by Crippen LogP contribution is -2.22.